The third-order valence-electron chi connectivity index (χ3n) is 5.20. The lowest BCUT2D eigenvalue weighted by Gasteiger charge is -2.12. The summed E-state index contributed by atoms with van der Waals surface area (Å²) in [4.78, 5) is 22.4. The van der Waals surface area contributed by atoms with Gasteiger partial charge < -0.3 is 5.32 Å². The zero-order valence-electron chi connectivity index (χ0n) is 17.3. The van der Waals surface area contributed by atoms with Gasteiger partial charge in [-0.1, -0.05) is 60.7 Å². The van der Waals surface area contributed by atoms with Crippen LogP contribution in [0.3, 0.4) is 0 Å². The molecule has 0 aliphatic heterocycles. The van der Waals surface area contributed by atoms with Gasteiger partial charge in [0.05, 0.1) is 28.1 Å². The van der Waals surface area contributed by atoms with Gasteiger partial charge >= 0.3 is 0 Å². The molecule has 160 valence electrons. The maximum Gasteiger partial charge on any atom is 0.255 e. The fourth-order valence-corrected chi connectivity index (χ4v) is 3.58. The Hall–Kier alpha value is -4.45. The van der Waals surface area contributed by atoms with Crippen molar-refractivity contribution in [1.82, 2.24) is 9.97 Å². The molecule has 1 heterocycles. The second kappa shape index (κ2) is 8.59. The number of hydrogen-bond acceptors (Lipinski definition) is 3. The number of halogens is 2. The molecule has 33 heavy (non-hydrogen) atoms. The minimum Gasteiger partial charge on any atom is -0.319 e. The van der Waals surface area contributed by atoms with Gasteiger partial charge in [0.1, 0.15) is 11.6 Å². The number of benzene rings is 4. The summed E-state index contributed by atoms with van der Waals surface area (Å²) in [6.45, 7) is 0. The number of carbonyl (C=O) groups excluding carboxylic acids is 1. The van der Waals surface area contributed by atoms with E-state index in [0.29, 0.717) is 16.7 Å². The van der Waals surface area contributed by atoms with Crippen LogP contribution in [0.4, 0.5) is 14.5 Å². The zero-order chi connectivity index (χ0) is 22.8. The second-order valence-electron chi connectivity index (χ2n) is 7.43. The van der Waals surface area contributed by atoms with Gasteiger partial charge in [-0.2, -0.15) is 0 Å². The average molecular weight is 437 g/mol. The summed E-state index contributed by atoms with van der Waals surface area (Å²) in [5, 5.41) is 2.41. The minimum atomic E-state index is -0.718. The first kappa shape index (κ1) is 20.5. The summed E-state index contributed by atoms with van der Waals surface area (Å²) < 4.78 is 27.4. The third kappa shape index (κ3) is 4.19. The molecule has 0 spiro atoms. The van der Waals surface area contributed by atoms with Crippen molar-refractivity contribution in [2.75, 3.05) is 5.32 Å². The van der Waals surface area contributed by atoms with Crippen molar-refractivity contribution in [2.45, 2.75) is 0 Å². The van der Waals surface area contributed by atoms with E-state index >= 15 is 0 Å². The molecule has 5 aromatic rings. The number of anilines is 1. The van der Waals surface area contributed by atoms with E-state index in [1.807, 2.05) is 60.7 Å². The molecule has 0 saturated carbocycles. The quantitative estimate of drug-likeness (QED) is 0.349. The highest BCUT2D eigenvalue weighted by Crippen LogP contribution is 2.31. The van der Waals surface area contributed by atoms with Crippen molar-refractivity contribution < 1.29 is 13.6 Å². The highest BCUT2D eigenvalue weighted by molar-refractivity contribution is 6.06. The van der Waals surface area contributed by atoms with Crippen LogP contribution in [0.1, 0.15) is 10.4 Å². The molecule has 4 nitrogen and oxygen atoms in total. The molecule has 0 aliphatic rings. The Bertz CT molecular complexity index is 1470. The van der Waals surface area contributed by atoms with Crippen molar-refractivity contribution in [3.8, 4) is 22.5 Å². The van der Waals surface area contributed by atoms with Crippen LogP contribution in [0.25, 0.3) is 33.5 Å². The molecule has 0 fully saturated rings. The first-order valence-corrected chi connectivity index (χ1v) is 10.3. The minimum absolute atomic E-state index is 0.226. The Labute approximate surface area is 188 Å². The number of rotatable bonds is 4. The number of aromatic nitrogens is 2. The molecule has 5 rings (SSSR count). The van der Waals surface area contributed by atoms with Gasteiger partial charge in [-0.3, -0.25) is 4.79 Å². The van der Waals surface area contributed by atoms with Crippen LogP contribution in [-0.4, -0.2) is 15.9 Å². The topological polar surface area (TPSA) is 54.9 Å². The van der Waals surface area contributed by atoms with Crippen LogP contribution >= 0.6 is 0 Å². The first-order chi connectivity index (χ1) is 16.1. The number of hydrogen-bond donors (Lipinski definition) is 1. The van der Waals surface area contributed by atoms with Gasteiger partial charge in [0.25, 0.3) is 5.91 Å². The molecule has 0 bridgehead atoms. The summed E-state index contributed by atoms with van der Waals surface area (Å²) in [7, 11) is 0. The predicted octanol–water partition coefficient (Wildman–Crippen LogP) is 6.49. The molecule has 0 unspecified atom stereocenters. The summed E-state index contributed by atoms with van der Waals surface area (Å²) >= 11 is 0. The Morgan fingerprint density at radius 1 is 0.667 bits per heavy atom. The van der Waals surface area contributed by atoms with Crippen LogP contribution in [0.5, 0.6) is 0 Å². The average Bonchev–Trinajstić information content (AvgIpc) is 2.86. The molecule has 4 aromatic carbocycles. The van der Waals surface area contributed by atoms with E-state index in [2.05, 4.69) is 5.32 Å². The van der Waals surface area contributed by atoms with E-state index < -0.39 is 17.5 Å². The van der Waals surface area contributed by atoms with Crippen LogP contribution in [0.15, 0.2) is 97.1 Å². The number of carbonyl (C=O) groups is 1. The van der Waals surface area contributed by atoms with E-state index in [9.17, 15) is 13.6 Å². The van der Waals surface area contributed by atoms with E-state index in [1.165, 1.54) is 0 Å². The van der Waals surface area contributed by atoms with Crippen molar-refractivity contribution in [3.05, 3.63) is 114 Å². The monoisotopic (exact) mass is 437 g/mol. The summed E-state index contributed by atoms with van der Waals surface area (Å²) in [6, 6.07) is 27.2. The lowest BCUT2D eigenvalue weighted by molar-refractivity contribution is 0.102. The molecule has 1 N–H and O–H groups in total. The normalized spacial score (nSPS) is 10.8. The van der Waals surface area contributed by atoms with Gasteiger partial charge in [-0.05, 0) is 30.3 Å². The van der Waals surface area contributed by atoms with E-state index in [0.717, 1.165) is 35.0 Å². The first-order valence-electron chi connectivity index (χ1n) is 10.3. The lowest BCUT2D eigenvalue weighted by Crippen LogP contribution is -2.13. The van der Waals surface area contributed by atoms with Gasteiger partial charge in [-0.25, -0.2) is 18.7 Å². The van der Waals surface area contributed by atoms with Crippen molar-refractivity contribution in [1.29, 1.82) is 0 Å². The largest absolute Gasteiger partial charge is 0.319 e. The highest BCUT2D eigenvalue weighted by Gasteiger charge is 2.16. The Kier molecular flexibility index (Phi) is 5.32. The molecule has 1 aromatic heterocycles. The standard InChI is InChI=1S/C27H17F2N3O/c28-20-12-13-21(29)23(16-20)32-27(33)19-11-14-22-24(15-19)31-26(18-9-5-2-6-10-18)25(30-22)17-7-3-1-4-8-17/h1-16H,(H,32,33). The van der Waals surface area contributed by atoms with Crippen LogP contribution in [0, 0.1) is 11.6 Å². The Morgan fingerprint density at radius 3 is 1.91 bits per heavy atom. The summed E-state index contributed by atoms with van der Waals surface area (Å²) in [5.74, 6) is -1.93. The predicted molar refractivity (Wildman–Crippen MR) is 125 cm³/mol. The molecule has 0 aliphatic carbocycles. The fourth-order valence-electron chi connectivity index (χ4n) is 3.58. The molecule has 6 heteroatoms. The Balaban J connectivity index is 1.59. The summed E-state index contributed by atoms with van der Waals surface area (Å²) in [5.41, 5.74) is 4.39. The van der Waals surface area contributed by atoms with E-state index in [-0.39, 0.29) is 11.3 Å². The van der Waals surface area contributed by atoms with E-state index in [1.54, 1.807) is 18.2 Å². The molecule has 1 amide bonds. The zero-order valence-corrected chi connectivity index (χ0v) is 17.3. The number of fused-ring (bicyclic) bond motifs is 1. The Morgan fingerprint density at radius 2 is 1.27 bits per heavy atom. The SMILES string of the molecule is O=C(Nc1cc(F)ccc1F)c1ccc2nc(-c3ccccc3)c(-c3ccccc3)nc2c1. The van der Waals surface area contributed by atoms with Crippen molar-refractivity contribution in [2.24, 2.45) is 0 Å². The molecular formula is C27H17F2N3O. The van der Waals surface area contributed by atoms with Crippen LogP contribution in [0.2, 0.25) is 0 Å². The van der Waals surface area contributed by atoms with Crippen LogP contribution < -0.4 is 5.32 Å². The fraction of sp³-hybridized carbons (Fsp3) is 0. The second-order valence-corrected chi connectivity index (χ2v) is 7.43. The molecule has 0 radical (unpaired) electrons. The highest BCUT2D eigenvalue weighted by atomic mass is 19.1. The van der Waals surface area contributed by atoms with Crippen molar-refractivity contribution >= 4 is 22.6 Å². The number of nitrogens with one attached hydrogen (secondary N) is 1. The third-order valence-corrected chi connectivity index (χ3v) is 5.20. The van der Waals surface area contributed by atoms with Crippen molar-refractivity contribution in [3.63, 3.8) is 0 Å². The van der Waals surface area contributed by atoms with Gasteiger partial charge in [0.2, 0.25) is 0 Å². The van der Waals surface area contributed by atoms with E-state index in [4.69, 9.17) is 9.97 Å². The maximum atomic E-state index is 13.9. The number of amides is 1. The molecule has 0 saturated heterocycles. The molecule has 0 atom stereocenters. The molecular weight excluding hydrogens is 420 g/mol. The maximum absolute atomic E-state index is 13.9. The van der Waals surface area contributed by atoms with Gasteiger partial charge in [0.15, 0.2) is 0 Å². The van der Waals surface area contributed by atoms with Gasteiger partial charge in [-0.15, -0.1) is 0 Å². The van der Waals surface area contributed by atoms with Crippen LogP contribution in [-0.2, 0) is 0 Å². The summed E-state index contributed by atoms with van der Waals surface area (Å²) in [6.07, 6.45) is 0. The lowest BCUT2D eigenvalue weighted by atomic mass is 10.0. The van der Waals surface area contributed by atoms with Gasteiger partial charge in [0, 0.05) is 22.8 Å². The number of nitrogens with zero attached hydrogens (tertiary/aromatic N) is 2. The smallest absolute Gasteiger partial charge is 0.255 e.